The maximum atomic E-state index is 8.38. The highest BCUT2D eigenvalue weighted by molar-refractivity contribution is 6.11. The number of hydrogen-bond donors (Lipinski definition) is 1. The molecule has 29 heavy (non-hydrogen) atoms. The van der Waals surface area contributed by atoms with Crippen molar-refractivity contribution in [3.05, 3.63) is 101 Å². The summed E-state index contributed by atoms with van der Waals surface area (Å²) in [5.41, 5.74) is 8.77. The van der Waals surface area contributed by atoms with Crippen molar-refractivity contribution >= 4 is 11.3 Å². The molecule has 0 unspecified atom stereocenters. The Balaban J connectivity index is 0.00000204. The molecule has 0 amide bonds. The molecule has 0 saturated carbocycles. The number of aryl methyl sites for hydroxylation is 3. The van der Waals surface area contributed by atoms with Crippen molar-refractivity contribution in [2.45, 2.75) is 60.3 Å². The molecule has 0 bridgehead atoms. The molecule has 0 aliphatic rings. The van der Waals surface area contributed by atoms with Gasteiger partial charge in [0.1, 0.15) is 0 Å². The lowest BCUT2D eigenvalue weighted by Gasteiger charge is -2.13. The molecule has 2 aromatic rings. The van der Waals surface area contributed by atoms with Gasteiger partial charge in [0.25, 0.3) is 0 Å². The molecule has 0 atom stereocenters. The van der Waals surface area contributed by atoms with E-state index in [9.17, 15) is 0 Å². The van der Waals surface area contributed by atoms with Crippen LogP contribution in [0.5, 0.6) is 0 Å². The van der Waals surface area contributed by atoms with Gasteiger partial charge >= 0.3 is 0 Å². The molecule has 1 N–H and O–H groups in total. The van der Waals surface area contributed by atoms with E-state index in [0.717, 1.165) is 41.5 Å². The van der Waals surface area contributed by atoms with Gasteiger partial charge in [0, 0.05) is 5.56 Å². The van der Waals surface area contributed by atoms with Crippen LogP contribution in [0, 0.1) is 12.3 Å². The fourth-order valence-corrected chi connectivity index (χ4v) is 3.38. The first-order valence-electron chi connectivity index (χ1n) is 10.7. The quantitative estimate of drug-likeness (QED) is 0.332. The van der Waals surface area contributed by atoms with Crippen molar-refractivity contribution in [1.82, 2.24) is 0 Å². The summed E-state index contributed by atoms with van der Waals surface area (Å²) >= 11 is 0. The molecule has 0 aliphatic carbocycles. The molecule has 154 valence electrons. The predicted molar refractivity (Wildman–Crippen MR) is 131 cm³/mol. The maximum absolute atomic E-state index is 8.38. The lowest BCUT2D eigenvalue weighted by Crippen LogP contribution is -2.04. The maximum Gasteiger partial charge on any atom is 0.0644 e. The van der Waals surface area contributed by atoms with Crippen molar-refractivity contribution in [3.8, 4) is 0 Å². The normalized spacial score (nSPS) is 10.7. The summed E-state index contributed by atoms with van der Waals surface area (Å²) in [7, 11) is 0. The van der Waals surface area contributed by atoms with Gasteiger partial charge in [-0.05, 0) is 66.5 Å². The van der Waals surface area contributed by atoms with Gasteiger partial charge in [-0.1, -0.05) is 95.0 Å². The van der Waals surface area contributed by atoms with Crippen molar-refractivity contribution in [2.24, 2.45) is 0 Å². The van der Waals surface area contributed by atoms with Crippen LogP contribution in [0.15, 0.2) is 73.3 Å². The van der Waals surface area contributed by atoms with E-state index in [-0.39, 0.29) is 0 Å². The fourth-order valence-electron chi connectivity index (χ4n) is 3.38. The first kappa shape index (κ1) is 24.4. The van der Waals surface area contributed by atoms with E-state index in [0.29, 0.717) is 5.71 Å². The van der Waals surface area contributed by atoms with E-state index in [2.05, 4.69) is 63.4 Å². The van der Waals surface area contributed by atoms with Gasteiger partial charge in [0.2, 0.25) is 0 Å². The first-order chi connectivity index (χ1) is 14.0. The van der Waals surface area contributed by atoms with Crippen LogP contribution in [0.1, 0.15) is 68.4 Å². The number of benzene rings is 2. The molecule has 2 rings (SSSR count). The molecular weight excluding hydrogens is 350 g/mol. The average molecular weight is 388 g/mol. The minimum absolute atomic E-state index is 0.554. The van der Waals surface area contributed by atoms with E-state index >= 15 is 0 Å². The van der Waals surface area contributed by atoms with Gasteiger partial charge in [-0.3, -0.25) is 5.41 Å². The van der Waals surface area contributed by atoms with Gasteiger partial charge < -0.3 is 0 Å². The van der Waals surface area contributed by atoms with Crippen LogP contribution in [-0.2, 0) is 12.8 Å². The standard InChI is InChI=1S/C26H31N.C2H6/c1-6-10-20(4)26(27)25-17-16-24(18-21(25)5)19(3)14-15-23-13-9-8-12-22(23)11-7-2;1-2/h6,8-10,12-13,16-18,27H,1,3,7,11,14-15H2,2,4-5H3;1-2H3/b20-10-,27-26?;. The molecule has 0 radical (unpaired) electrons. The van der Waals surface area contributed by atoms with E-state index in [1.54, 1.807) is 6.08 Å². The Morgan fingerprint density at radius 1 is 1.03 bits per heavy atom. The van der Waals surface area contributed by atoms with E-state index < -0.39 is 0 Å². The molecule has 2 aromatic carbocycles. The van der Waals surface area contributed by atoms with Crippen LogP contribution in [0.3, 0.4) is 0 Å². The molecule has 0 spiro atoms. The second-order valence-corrected chi connectivity index (χ2v) is 7.11. The Hall–Kier alpha value is -2.67. The lowest BCUT2D eigenvalue weighted by atomic mass is 9.92. The highest BCUT2D eigenvalue weighted by Gasteiger charge is 2.09. The zero-order valence-electron chi connectivity index (χ0n) is 18.9. The van der Waals surface area contributed by atoms with Crippen LogP contribution in [0.25, 0.3) is 5.57 Å². The lowest BCUT2D eigenvalue weighted by molar-refractivity contribution is 0.887. The van der Waals surface area contributed by atoms with E-state index in [1.165, 1.54) is 23.1 Å². The van der Waals surface area contributed by atoms with Gasteiger partial charge in [0.15, 0.2) is 0 Å². The van der Waals surface area contributed by atoms with Gasteiger partial charge in [0.05, 0.1) is 5.71 Å². The summed E-state index contributed by atoms with van der Waals surface area (Å²) in [4.78, 5) is 0. The zero-order chi connectivity index (χ0) is 21.8. The zero-order valence-corrected chi connectivity index (χ0v) is 18.9. The summed E-state index contributed by atoms with van der Waals surface area (Å²) in [6.07, 6.45) is 7.88. The van der Waals surface area contributed by atoms with Crippen LogP contribution >= 0.6 is 0 Å². The number of allylic oxidation sites excluding steroid dienone is 4. The first-order valence-corrected chi connectivity index (χ1v) is 10.7. The largest absolute Gasteiger partial charge is 0.300 e. The van der Waals surface area contributed by atoms with Gasteiger partial charge in [-0.25, -0.2) is 0 Å². The summed E-state index contributed by atoms with van der Waals surface area (Å²) in [5.74, 6) is 0. The van der Waals surface area contributed by atoms with Gasteiger partial charge in [-0.2, -0.15) is 0 Å². The van der Waals surface area contributed by atoms with Crippen LogP contribution in [0.2, 0.25) is 0 Å². The Morgan fingerprint density at radius 2 is 1.66 bits per heavy atom. The molecule has 0 heterocycles. The summed E-state index contributed by atoms with van der Waals surface area (Å²) < 4.78 is 0. The van der Waals surface area contributed by atoms with Crippen LogP contribution in [-0.4, -0.2) is 5.71 Å². The van der Waals surface area contributed by atoms with Crippen molar-refractivity contribution in [3.63, 3.8) is 0 Å². The van der Waals surface area contributed by atoms with Crippen molar-refractivity contribution < 1.29 is 0 Å². The highest BCUT2D eigenvalue weighted by Crippen LogP contribution is 2.24. The third-order valence-electron chi connectivity index (χ3n) is 5.00. The second-order valence-electron chi connectivity index (χ2n) is 7.11. The Labute approximate surface area is 178 Å². The molecule has 1 nitrogen and oxygen atoms in total. The molecule has 0 fully saturated rings. The van der Waals surface area contributed by atoms with E-state index in [4.69, 9.17) is 5.41 Å². The van der Waals surface area contributed by atoms with Crippen molar-refractivity contribution in [2.75, 3.05) is 0 Å². The van der Waals surface area contributed by atoms with Crippen LogP contribution in [0.4, 0.5) is 0 Å². The number of nitrogens with one attached hydrogen (secondary N) is 1. The second kappa shape index (κ2) is 12.7. The third kappa shape index (κ3) is 7.02. The van der Waals surface area contributed by atoms with Crippen molar-refractivity contribution in [1.29, 1.82) is 5.41 Å². The van der Waals surface area contributed by atoms with E-state index in [1.807, 2.05) is 32.9 Å². The number of hydrogen-bond acceptors (Lipinski definition) is 1. The highest BCUT2D eigenvalue weighted by atomic mass is 14.4. The minimum atomic E-state index is 0.554. The minimum Gasteiger partial charge on any atom is -0.300 e. The Kier molecular flexibility index (Phi) is 10.7. The molecular formula is C28H37N. The Morgan fingerprint density at radius 3 is 2.21 bits per heavy atom. The summed E-state index contributed by atoms with van der Waals surface area (Å²) in [6.45, 7) is 18.3. The molecule has 0 saturated heterocycles. The monoisotopic (exact) mass is 387 g/mol. The smallest absolute Gasteiger partial charge is 0.0644 e. The summed E-state index contributed by atoms with van der Waals surface area (Å²) in [5, 5.41) is 8.38. The topological polar surface area (TPSA) is 23.9 Å². The fraction of sp³-hybridized carbons (Fsp3) is 0.321. The third-order valence-corrected chi connectivity index (χ3v) is 5.00. The summed E-state index contributed by atoms with van der Waals surface area (Å²) in [6, 6.07) is 15.0. The SMILES string of the molecule is C=C/C=C(/C)C(=N)c1ccc(C(=C)CCc2ccccc2CCC)cc1C.CC. The molecule has 0 aliphatic heterocycles. The number of rotatable bonds is 9. The predicted octanol–water partition coefficient (Wildman–Crippen LogP) is 8.12. The molecule has 1 heteroatoms. The molecule has 0 aromatic heterocycles. The van der Waals surface area contributed by atoms with Crippen LogP contribution < -0.4 is 0 Å². The Bertz CT molecular complexity index is 868. The average Bonchev–Trinajstić information content (AvgIpc) is 2.74. The van der Waals surface area contributed by atoms with Gasteiger partial charge in [-0.15, -0.1) is 0 Å².